The number of fused-ring (bicyclic) bond motifs is 1. The van der Waals surface area contributed by atoms with Gasteiger partial charge in [0, 0.05) is 23.2 Å². The van der Waals surface area contributed by atoms with Crippen molar-refractivity contribution >= 4 is 39.1 Å². The van der Waals surface area contributed by atoms with E-state index in [9.17, 15) is 9.59 Å². The maximum Gasteiger partial charge on any atom is 0.276 e. The summed E-state index contributed by atoms with van der Waals surface area (Å²) in [5, 5.41) is 6.53. The molecule has 4 aromatic rings. The van der Waals surface area contributed by atoms with E-state index in [1.165, 1.54) is 11.5 Å². The van der Waals surface area contributed by atoms with Crippen LogP contribution < -0.4 is 20.1 Å². The van der Waals surface area contributed by atoms with Crippen molar-refractivity contribution in [1.29, 1.82) is 0 Å². The van der Waals surface area contributed by atoms with Gasteiger partial charge in [-0.2, -0.15) is 4.37 Å². The van der Waals surface area contributed by atoms with Crippen LogP contribution in [0.25, 0.3) is 10.1 Å². The number of benzene rings is 3. The average molecular weight is 462 g/mol. The molecule has 0 saturated carbocycles. The molecule has 3 aromatic carbocycles. The number of nitrogens with one attached hydrogen (secondary N) is 2. The van der Waals surface area contributed by atoms with E-state index in [-0.39, 0.29) is 11.8 Å². The van der Waals surface area contributed by atoms with Crippen molar-refractivity contribution in [1.82, 2.24) is 9.69 Å². The molecule has 8 heteroatoms. The van der Waals surface area contributed by atoms with E-state index in [0.29, 0.717) is 41.6 Å². The Kier molecular flexibility index (Phi) is 6.85. The van der Waals surface area contributed by atoms with Gasteiger partial charge in [0.05, 0.1) is 18.4 Å². The maximum atomic E-state index is 12.7. The Morgan fingerprint density at radius 3 is 2.64 bits per heavy atom. The smallest absolute Gasteiger partial charge is 0.276 e. The van der Waals surface area contributed by atoms with Crippen LogP contribution in [0, 0.1) is 0 Å². The number of anilines is 1. The Hall–Kier alpha value is -3.91. The van der Waals surface area contributed by atoms with Crippen LogP contribution in [0.1, 0.15) is 33.3 Å². The molecule has 2 amide bonds. The van der Waals surface area contributed by atoms with E-state index in [4.69, 9.17) is 9.47 Å². The number of aromatic nitrogens is 1. The van der Waals surface area contributed by atoms with Gasteiger partial charge < -0.3 is 20.1 Å². The summed E-state index contributed by atoms with van der Waals surface area (Å²) in [5.74, 6) is 0.707. The number of rotatable bonds is 8. The lowest BCUT2D eigenvalue weighted by Gasteiger charge is -2.12. The average Bonchev–Trinajstić information content (AvgIpc) is 3.28. The number of methoxy groups -OCH3 is 1. The van der Waals surface area contributed by atoms with Crippen molar-refractivity contribution in [3.05, 3.63) is 83.6 Å². The summed E-state index contributed by atoms with van der Waals surface area (Å²) in [6, 6.07) is 19.9. The van der Waals surface area contributed by atoms with Gasteiger partial charge in [0.1, 0.15) is 5.69 Å². The van der Waals surface area contributed by atoms with E-state index in [0.717, 1.165) is 15.6 Å². The Morgan fingerprint density at radius 1 is 0.970 bits per heavy atom. The molecule has 4 rings (SSSR count). The highest BCUT2D eigenvalue weighted by atomic mass is 32.1. The Bertz CT molecular complexity index is 1300. The van der Waals surface area contributed by atoms with Gasteiger partial charge in [0.25, 0.3) is 11.8 Å². The van der Waals surface area contributed by atoms with Crippen LogP contribution in [0.15, 0.2) is 66.7 Å². The van der Waals surface area contributed by atoms with E-state index in [1.54, 1.807) is 31.4 Å². The quantitative estimate of drug-likeness (QED) is 0.390. The first-order valence-electron chi connectivity index (χ1n) is 10.4. The maximum absolute atomic E-state index is 12.7. The van der Waals surface area contributed by atoms with Crippen LogP contribution in [0.4, 0.5) is 5.69 Å². The van der Waals surface area contributed by atoms with Gasteiger partial charge in [0.15, 0.2) is 11.5 Å². The van der Waals surface area contributed by atoms with Crippen molar-refractivity contribution in [3.8, 4) is 11.5 Å². The fourth-order valence-electron chi connectivity index (χ4n) is 3.36. The molecule has 168 valence electrons. The molecule has 0 radical (unpaired) electrons. The highest BCUT2D eigenvalue weighted by molar-refractivity contribution is 7.13. The molecule has 0 saturated heterocycles. The molecule has 0 fully saturated rings. The molecule has 0 aliphatic carbocycles. The van der Waals surface area contributed by atoms with Crippen LogP contribution in [0.5, 0.6) is 11.5 Å². The van der Waals surface area contributed by atoms with Crippen molar-refractivity contribution in [2.75, 3.05) is 19.0 Å². The Balaban J connectivity index is 1.42. The lowest BCUT2D eigenvalue weighted by molar-refractivity contribution is 0.0949. The minimum absolute atomic E-state index is 0.252. The third-order valence-corrected chi connectivity index (χ3v) is 5.78. The zero-order chi connectivity index (χ0) is 23.2. The Morgan fingerprint density at radius 2 is 1.82 bits per heavy atom. The van der Waals surface area contributed by atoms with E-state index in [2.05, 4.69) is 15.0 Å². The van der Waals surface area contributed by atoms with E-state index in [1.807, 2.05) is 49.4 Å². The molecule has 0 bridgehead atoms. The standard InChI is InChI=1S/C25H23N3O4S/c1-3-32-20-12-11-16(13-21(20)31-2)15-26-24(29)17-7-6-8-18(14-17)27-25(30)23-19-9-4-5-10-22(19)33-28-23/h4-14H,3,15H2,1-2H3,(H,26,29)(H,27,30). The van der Waals surface area contributed by atoms with Gasteiger partial charge in [-0.15, -0.1) is 0 Å². The number of hydrogen-bond acceptors (Lipinski definition) is 6. The Labute approximate surface area is 195 Å². The lowest BCUT2D eigenvalue weighted by atomic mass is 10.1. The second-order valence-corrected chi connectivity index (χ2v) is 7.97. The predicted molar refractivity (Wildman–Crippen MR) is 129 cm³/mol. The van der Waals surface area contributed by atoms with Gasteiger partial charge in [-0.05, 0) is 60.4 Å². The molecule has 0 unspecified atom stereocenters. The normalized spacial score (nSPS) is 10.6. The monoisotopic (exact) mass is 461 g/mol. The summed E-state index contributed by atoms with van der Waals surface area (Å²) in [5.41, 5.74) is 2.21. The minimum atomic E-state index is -0.313. The van der Waals surface area contributed by atoms with E-state index < -0.39 is 0 Å². The predicted octanol–water partition coefficient (Wildman–Crippen LogP) is 4.89. The zero-order valence-corrected chi connectivity index (χ0v) is 19.1. The summed E-state index contributed by atoms with van der Waals surface area (Å²) >= 11 is 1.28. The summed E-state index contributed by atoms with van der Waals surface area (Å²) in [7, 11) is 1.58. The van der Waals surface area contributed by atoms with Crippen molar-refractivity contribution in [2.24, 2.45) is 0 Å². The number of carbonyl (C=O) groups is 2. The van der Waals surface area contributed by atoms with Crippen LogP contribution in [0.3, 0.4) is 0 Å². The molecule has 1 aromatic heterocycles. The SMILES string of the molecule is CCOc1ccc(CNC(=O)c2cccc(NC(=O)c3nsc4ccccc34)c2)cc1OC. The molecule has 0 spiro atoms. The second-order valence-electron chi connectivity index (χ2n) is 7.16. The summed E-state index contributed by atoms with van der Waals surface area (Å²) < 4.78 is 16.1. The molecular formula is C25H23N3O4S. The molecule has 0 aliphatic rings. The van der Waals surface area contributed by atoms with Gasteiger partial charge in [-0.1, -0.05) is 30.3 Å². The molecular weight excluding hydrogens is 438 g/mol. The number of amides is 2. The number of ether oxygens (including phenoxy) is 2. The van der Waals surface area contributed by atoms with Crippen LogP contribution in [0.2, 0.25) is 0 Å². The van der Waals surface area contributed by atoms with Gasteiger partial charge in [-0.3, -0.25) is 9.59 Å². The number of hydrogen-bond donors (Lipinski definition) is 2. The molecule has 1 heterocycles. The molecule has 33 heavy (non-hydrogen) atoms. The molecule has 0 aliphatic heterocycles. The second kappa shape index (κ2) is 10.1. The fourth-order valence-corrected chi connectivity index (χ4v) is 4.13. The molecule has 2 N–H and O–H groups in total. The first-order chi connectivity index (χ1) is 16.1. The summed E-state index contributed by atoms with van der Waals surface area (Å²) in [4.78, 5) is 25.4. The minimum Gasteiger partial charge on any atom is -0.493 e. The summed E-state index contributed by atoms with van der Waals surface area (Å²) in [6.45, 7) is 2.77. The molecule has 0 atom stereocenters. The highest BCUT2D eigenvalue weighted by Gasteiger charge is 2.15. The van der Waals surface area contributed by atoms with Gasteiger partial charge in [-0.25, -0.2) is 0 Å². The van der Waals surface area contributed by atoms with Crippen LogP contribution in [-0.2, 0) is 6.54 Å². The van der Waals surface area contributed by atoms with Crippen molar-refractivity contribution in [3.63, 3.8) is 0 Å². The zero-order valence-electron chi connectivity index (χ0n) is 18.3. The topological polar surface area (TPSA) is 89.6 Å². The summed E-state index contributed by atoms with van der Waals surface area (Å²) in [6.07, 6.45) is 0. The third-order valence-electron chi connectivity index (χ3n) is 4.96. The van der Waals surface area contributed by atoms with Crippen molar-refractivity contribution in [2.45, 2.75) is 13.5 Å². The lowest BCUT2D eigenvalue weighted by Crippen LogP contribution is -2.23. The van der Waals surface area contributed by atoms with Gasteiger partial charge >= 0.3 is 0 Å². The van der Waals surface area contributed by atoms with Crippen molar-refractivity contribution < 1.29 is 19.1 Å². The van der Waals surface area contributed by atoms with Gasteiger partial charge in [0.2, 0.25) is 0 Å². The van der Waals surface area contributed by atoms with Crippen LogP contribution in [-0.4, -0.2) is 29.9 Å². The number of nitrogens with zero attached hydrogens (tertiary/aromatic N) is 1. The molecule has 7 nitrogen and oxygen atoms in total. The largest absolute Gasteiger partial charge is 0.493 e. The first kappa shape index (κ1) is 22.3. The van der Waals surface area contributed by atoms with Crippen LogP contribution >= 0.6 is 11.5 Å². The number of carbonyl (C=O) groups excluding carboxylic acids is 2. The third kappa shape index (κ3) is 5.12. The highest BCUT2D eigenvalue weighted by Crippen LogP contribution is 2.28. The van der Waals surface area contributed by atoms with E-state index >= 15 is 0 Å². The fraction of sp³-hybridized carbons (Fsp3) is 0.160. The first-order valence-corrected chi connectivity index (χ1v) is 11.2.